The molecule has 0 saturated heterocycles. The number of nitrogens with zero attached hydrogens (tertiary/aromatic N) is 2. The molecule has 134 valence electrons. The van der Waals surface area contributed by atoms with Crippen molar-refractivity contribution < 1.29 is 14.7 Å². The summed E-state index contributed by atoms with van der Waals surface area (Å²) in [6.07, 6.45) is 3.94. The fourth-order valence-corrected chi connectivity index (χ4v) is 2.37. The maximum atomic E-state index is 12.7. The van der Waals surface area contributed by atoms with Gasteiger partial charge in [-0.3, -0.25) is 9.48 Å². The second kappa shape index (κ2) is 6.70. The lowest BCUT2D eigenvalue weighted by Crippen LogP contribution is -2.36. The summed E-state index contributed by atoms with van der Waals surface area (Å²) >= 11 is 0. The minimum Gasteiger partial charge on any atom is -0.479 e. The maximum absolute atomic E-state index is 12.7. The van der Waals surface area contributed by atoms with Crippen molar-refractivity contribution in [2.45, 2.75) is 52.0 Å². The largest absolute Gasteiger partial charge is 0.479 e. The Kier molecular flexibility index (Phi) is 5.02. The molecule has 2 rings (SSSR count). The molecule has 0 aliphatic rings. The van der Waals surface area contributed by atoms with E-state index in [9.17, 15) is 14.7 Å². The summed E-state index contributed by atoms with van der Waals surface area (Å²) < 4.78 is 1.33. The molecule has 0 fully saturated rings. The molecule has 6 nitrogen and oxygen atoms in total. The number of benzene rings is 1. The number of hydrogen-bond acceptors (Lipinski definition) is 3. The minimum atomic E-state index is -1.19. The van der Waals surface area contributed by atoms with Crippen LogP contribution in [0, 0.1) is 0 Å². The van der Waals surface area contributed by atoms with Crippen molar-refractivity contribution in [1.29, 1.82) is 0 Å². The zero-order valence-electron chi connectivity index (χ0n) is 15.3. The third kappa shape index (κ3) is 3.73. The van der Waals surface area contributed by atoms with Gasteiger partial charge in [0.15, 0.2) is 5.54 Å². The van der Waals surface area contributed by atoms with Crippen LogP contribution in [0.5, 0.6) is 0 Å². The quantitative estimate of drug-likeness (QED) is 0.844. The summed E-state index contributed by atoms with van der Waals surface area (Å²) in [5.74, 6) is -1.17. The van der Waals surface area contributed by atoms with Crippen LogP contribution in [-0.4, -0.2) is 26.8 Å². The van der Waals surface area contributed by atoms with E-state index in [1.165, 1.54) is 22.6 Å². The number of aryl methyl sites for hydroxylation is 1. The third-order valence-electron chi connectivity index (χ3n) is 4.59. The Bertz CT molecular complexity index is 773. The van der Waals surface area contributed by atoms with Gasteiger partial charge in [0.1, 0.15) is 0 Å². The number of carboxylic acids is 1. The van der Waals surface area contributed by atoms with Gasteiger partial charge in [0.2, 0.25) is 5.91 Å². The topological polar surface area (TPSA) is 84.2 Å². The molecule has 2 aromatic rings. The molecular formula is C19H25N3O3. The number of nitrogens with one attached hydrogen (secondary N) is 1. The monoisotopic (exact) mass is 343 g/mol. The van der Waals surface area contributed by atoms with Crippen molar-refractivity contribution in [2.75, 3.05) is 5.32 Å². The molecule has 6 heteroatoms. The molecule has 0 unspecified atom stereocenters. The fraction of sp³-hybridized carbons (Fsp3) is 0.421. The van der Waals surface area contributed by atoms with Gasteiger partial charge in [0.25, 0.3) is 0 Å². The van der Waals surface area contributed by atoms with E-state index in [0.717, 1.165) is 12.0 Å². The molecule has 0 radical (unpaired) electrons. The van der Waals surface area contributed by atoms with Crippen molar-refractivity contribution in [2.24, 2.45) is 0 Å². The average molecular weight is 343 g/mol. The Morgan fingerprint density at radius 3 is 2.28 bits per heavy atom. The predicted octanol–water partition coefficient (Wildman–Crippen LogP) is 3.18. The van der Waals surface area contributed by atoms with Gasteiger partial charge >= 0.3 is 5.97 Å². The number of carbonyl (C=O) groups is 2. The van der Waals surface area contributed by atoms with Crippen LogP contribution in [0.15, 0.2) is 36.7 Å². The van der Waals surface area contributed by atoms with E-state index in [-0.39, 0.29) is 5.91 Å². The zero-order chi connectivity index (χ0) is 18.8. The normalized spacial score (nSPS) is 12.0. The maximum Gasteiger partial charge on any atom is 0.331 e. The molecule has 1 heterocycles. The number of amides is 1. The third-order valence-corrected chi connectivity index (χ3v) is 4.59. The van der Waals surface area contributed by atoms with E-state index in [2.05, 4.69) is 17.3 Å². The molecular weight excluding hydrogens is 318 g/mol. The Morgan fingerprint density at radius 1 is 1.16 bits per heavy atom. The number of aromatic nitrogens is 2. The first-order valence-corrected chi connectivity index (χ1v) is 8.28. The average Bonchev–Trinajstić information content (AvgIpc) is 3.04. The lowest BCUT2D eigenvalue weighted by Gasteiger charge is -2.24. The van der Waals surface area contributed by atoms with Crippen molar-refractivity contribution in [3.05, 3.63) is 47.8 Å². The van der Waals surface area contributed by atoms with Gasteiger partial charge in [-0.2, -0.15) is 5.10 Å². The summed E-state index contributed by atoms with van der Waals surface area (Å²) in [5.41, 5.74) is 0.695. The predicted molar refractivity (Wildman–Crippen MR) is 96.7 cm³/mol. The van der Waals surface area contributed by atoms with Crippen LogP contribution >= 0.6 is 0 Å². The van der Waals surface area contributed by atoms with Crippen LogP contribution < -0.4 is 5.32 Å². The first kappa shape index (κ1) is 18.7. The van der Waals surface area contributed by atoms with Crippen LogP contribution in [0.2, 0.25) is 0 Å². The Morgan fingerprint density at radius 2 is 1.76 bits per heavy atom. The highest BCUT2D eigenvalue weighted by atomic mass is 16.4. The van der Waals surface area contributed by atoms with Gasteiger partial charge < -0.3 is 10.4 Å². The SMILES string of the molecule is CCc1ccc(C(C)(C)C(=O)Nc2cnn(C(C)(C)C(=O)O)c2)cc1. The molecule has 0 bridgehead atoms. The summed E-state index contributed by atoms with van der Waals surface area (Å²) in [6.45, 7) is 8.90. The van der Waals surface area contributed by atoms with E-state index in [1.54, 1.807) is 13.8 Å². The summed E-state index contributed by atoms with van der Waals surface area (Å²) in [4.78, 5) is 24.0. The van der Waals surface area contributed by atoms with E-state index in [0.29, 0.717) is 5.69 Å². The van der Waals surface area contributed by atoms with Gasteiger partial charge in [-0.1, -0.05) is 31.2 Å². The van der Waals surface area contributed by atoms with Crippen molar-refractivity contribution in [1.82, 2.24) is 9.78 Å². The first-order chi connectivity index (χ1) is 11.6. The second-order valence-corrected chi connectivity index (χ2v) is 7.17. The minimum absolute atomic E-state index is 0.176. The van der Waals surface area contributed by atoms with Crippen molar-refractivity contribution >= 4 is 17.6 Å². The number of rotatable bonds is 6. The number of carbonyl (C=O) groups excluding carboxylic acids is 1. The van der Waals surface area contributed by atoms with Gasteiger partial charge in [-0.15, -0.1) is 0 Å². The smallest absolute Gasteiger partial charge is 0.331 e. The van der Waals surface area contributed by atoms with E-state index < -0.39 is 16.9 Å². The lowest BCUT2D eigenvalue weighted by atomic mass is 9.83. The summed E-state index contributed by atoms with van der Waals surface area (Å²) in [7, 11) is 0. The number of carboxylic acid groups (broad SMARTS) is 1. The molecule has 25 heavy (non-hydrogen) atoms. The highest BCUT2D eigenvalue weighted by molar-refractivity contribution is 5.98. The molecule has 0 saturated carbocycles. The standard InChI is InChI=1S/C19H25N3O3/c1-6-13-7-9-14(10-8-13)18(2,3)16(23)21-15-11-20-22(12-15)19(4,5)17(24)25/h7-12H,6H2,1-5H3,(H,21,23)(H,24,25). The van der Waals surface area contributed by atoms with Gasteiger partial charge in [0, 0.05) is 6.20 Å². The molecule has 2 N–H and O–H groups in total. The van der Waals surface area contributed by atoms with Crippen LogP contribution in [0.4, 0.5) is 5.69 Å². The summed E-state index contributed by atoms with van der Waals surface area (Å²) in [5, 5.41) is 16.1. The van der Waals surface area contributed by atoms with E-state index in [1.807, 2.05) is 38.1 Å². The first-order valence-electron chi connectivity index (χ1n) is 8.28. The van der Waals surface area contributed by atoms with Crippen LogP contribution in [0.1, 0.15) is 45.7 Å². The van der Waals surface area contributed by atoms with E-state index >= 15 is 0 Å². The zero-order valence-corrected chi connectivity index (χ0v) is 15.3. The molecule has 0 aliphatic carbocycles. The number of aliphatic carboxylic acids is 1. The lowest BCUT2D eigenvalue weighted by molar-refractivity contribution is -0.146. The van der Waals surface area contributed by atoms with Gasteiger partial charge in [-0.05, 0) is 45.2 Å². The highest BCUT2D eigenvalue weighted by Gasteiger charge is 2.32. The van der Waals surface area contributed by atoms with E-state index in [4.69, 9.17) is 0 Å². The number of anilines is 1. The van der Waals surface area contributed by atoms with Crippen LogP contribution in [-0.2, 0) is 27.0 Å². The second-order valence-electron chi connectivity index (χ2n) is 7.17. The molecule has 0 aliphatic heterocycles. The molecule has 0 atom stereocenters. The Labute approximate surface area is 147 Å². The number of hydrogen-bond donors (Lipinski definition) is 2. The molecule has 1 aromatic carbocycles. The molecule has 0 spiro atoms. The Hall–Kier alpha value is -2.63. The van der Waals surface area contributed by atoms with Crippen molar-refractivity contribution in [3.8, 4) is 0 Å². The summed E-state index contributed by atoms with van der Waals surface area (Å²) in [6, 6.07) is 7.99. The van der Waals surface area contributed by atoms with Crippen LogP contribution in [0.25, 0.3) is 0 Å². The Balaban J connectivity index is 2.18. The van der Waals surface area contributed by atoms with Crippen molar-refractivity contribution in [3.63, 3.8) is 0 Å². The molecule has 1 amide bonds. The molecule has 1 aromatic heterocycles. The highest BCUT2D eigenvalue weighted by Crippen LogP contribution is 2.26. The fourth-order valence-electron chi connectivity index (χ4n) is 2.37. The van der Waals surface area contributed by atoms with Crippen LogP contribution in [0.3, 0.4) is 0 Å². The van der Waals surface area contributed by atoms with Gasteiger partial charge in [0.05, 0.1) is 17.3 Å². The van der Waals surface area contributed by atoms with Gasteiger partial charge in [-0.25, -0.2) is 4.79 Å².